The van der Waals surface area contributed by atoms with Crippen LogP contribution in [-0.2, 0) is 0 Å². The van der Waals surface area contributed by atoms with Crippen molar-refractivity contribution in [3.8, 4) is 16.9 Å². The number of nitrogens with zero attached hydrogens (tertiary/aromatic N) is 4. The first-order valence-electron chi connectivity index (χ1n) is 10.0. The number of nitrogens with one attached hydrogen (secondary N) is 1. The van der Waals surface area contributed by atoms with Gasteiger partial charge >= 0.3 is 0 Å². The van der Waals surface area contributed by atoms with E-state index in [2.05, 4.69) is 20.3 Å². The summed E-state index contributed by atoms with van der Waals surface area (Å²) in [7, 11) is 0. The van der Waals surface area contributed by atoms with Gasteiger partial charge in [-0.15, -0.1) is 0 Å². The number of rotatable bonds is 5. The lowest BCUT2D eigenvalue weighted by Gasteiger charge is -2.11. The van der Waals surface area contributed by atoms with Gasteiger partial charge < -0.3 is 11.1 Å². The molecule has 2 aromatic carbocycles. The maximum atomic E-state index is 12.5. The fourth-order valence-corrected chi connectivity index (χ4v) is 3.55. The van der Waals surface area contributed by atoms with Crippen LogP contribution in [0.2, 0.25) is 0 Å². The van der Waals surface area contributed by atoms with Crippen molar-refractivity contribution in [1.82, 2.24) is 24.8 Å². The molecule has 0 aliphatic heterocycles. The molecule has 0 bridgehead atoms. The average Bonchev–Trinajstić information content (AvgIpc) is 3.49. The first-order valence-corrected chi connectivity index (χ1v) is 10.0. The van der Waals surface area contributed by atoms with Crippen molar-refractivity contribution < 1.29 is 9.59 Å². The van der Waals surface area contributed by atoms with Gasteiger partial charge in [-0.2, -0.15) is 0 Å². The van der Waals surface area contributed by atoms with Gasteiger partial charge in [0.25, 0.3) is 5.91 Å². The normalized spacial score (nSPS) is 13.3. The zero-order chi connectivity index (χ0) is 21.5. The summed E-state index contributed by atoms with van der Waals surface area (Å²) < 4.78 is 1.85. The number of amides is 2. The Morgan fingerprint density at radius 3 is 2.68 bits per heavy atom. The monoisotopic (exact) mass is 412 g/mol. The Labute approximate surface area is 178 Å². The van der Waals surface area contributed by atoms with Crippen molar-refractivity contribution >= 4 is 23.0 Å². The summed E-state index contributed by atoms with van der Waals surface area (Å²) in [5.41, 5.74) is 10.7. The molecule has 1 aliphatic rings. The van der Waals surface area contributed by atoms with Gasteiger partial charge in [-0.25, -0.2) is 15.0 Å². The number of carbonyl (C=O) groups excluding carboxylic acids is 2. The Hall–Kier alpha value is -4.07. The van der Waals surface area contributed by atoms with E-state index in [1.165, 1.54) is 6.33 Å². The van der Waals surface area contributed by atoms with Gasteiger partial charge in [0.2, 0.25) is 5.91 Å². The van der Waals surface area contributed by atoms with Crippen LogP contribution < -0.4 is 11.1 Å². The molecule has 1 aliphatic carbocycles. The fourth-order valence-electron chi connectivity index (χ4n) is 3.55. The standard InChI is InChI=1S/C23H20N6O2/c1-13-5-6-16(23(31)28-17-7-8-17)10-18(13)29-12-27-20-19(25-11-26-22(20)29)14-3-2-4-15(9-14)21(24)30/h2-6,9-12,17H,7-8H2,1H3,(H2,24,30)(H,28,31). The van der Waals surface area contributed by atoms with Crippen LogP contribution in [0.15, 0.2) is 55.1 Å². The zero-order valence-electron chi connectivity index (χ0n) is 16.9. The van der Waals surface area contributed by atoms with Gasteiger partial charge in [0.15, 0.2) is 5.65 Å². The number of hydrogen-bond donors (Lipinski definition) is 2. The second kappa shape index (κ2) is 7.32. The third-order valence-electron chi connectivity index (χ3n) is 5.40. The molecule has 4 aromatic rings. The summed E-state index contributed by atoms with van der Waals surface area (Å²) >= 11 is 0. The van der Waals surface area contributed by atoms with Crippen LogP contribution >= 0.6 is 0 Å². The molecule has 3 N–H and O–H groups in total. The second-order valence-electron chi connectivity index (χ2n) is 7.70. The van der Waals surface area contributed by atoms with Gasteiger partial charge in [0.1, 0.15) is 23.9 Å². The van der Waals surface area contributed by atoms with E-state index in [-0.39, 0.29) is 11.9 Å². The second-order valence-corrected chi connectivity index (χ2v) is 7.70. The summed E-state index contributed by atoms with van der Waals surface area (Å²) in [6, 6.07) is 12.8. The van der Waals surface area contributed by atoms with E-state index in [1.54, 1.807) is 24.5 Å². The van der Waals surface area contributed by atoms with Gasteiger partial charge in [0.05, 0.1) is 5.69 Å². The lowest BCUT2D eigenvalue weighted by molar-refractivity contribution is 0.0949. The molecule has 2 amide bonds. The molecule has 8 heteroatoms. The van der Waals surface area contributed by atoms with Crippen LogP contribution in [0.25, 0.3) is 28.1 Å². The van der Waals surface area contributed by atoms with Gasteiger partial charge in [-0.05, 0) is 49.6 Å². The van der Waals surface area contributed by atoms with E-state index < -0.39 is 5.91 Å². The first-order chi connectivity index (χ1) is 15.0. The number of primary amides is 1. The molecular weight excluding hydrogens is 392 g/mol. The average molecular weight is 412 g/mol. The number of imidazole rings is 1. The van der Waals surface area contributed by atoms with Crippen molar-refractivity contribution in [2.75, 3.05) is 0 Å². The molecule has 2 aromatic heterocycles. The first kappa shape index (κ1) is 18.9. The highest BCUT2D eigenvalue weighted by molar-refractivity contribution is 5.97. The maximum absolute atomic E-state index is 12.5. The van der Waals surface area contributed by atoms with E-state index in [0.717, 1.165) is 29.7 Å². The summed E-state index contributed by atoms with van der Waals surface area (Å²) in [5, 5.41) is 3.02. The highest BCUT2D eigenvalue weighted by atomic mass is 16.2. The van der Waals surface area contributed by atoms with E-state index in [0.29, 0.717) is 28.0 Å². The van der Waals surface area contributed by atoms with Gasteiger partial charge in [-0.3, -0.25) is 14.2 Å². The Morgan fingerprint density at radius 2 is 1.90 bits per heavy atom. The molecule has 0 saturated heterocycles. The Morgan fingerprint density at radius 1 is 1.06 bits per heavy atom. The van der Waals surface area contributed by atoms with Crippen LogP contribution in [0.1, 0.15) is 39.1 Å². The third kappa shape index (κ3) is 3.52. The summed E-state index contributed by atoms with van der Waals surface area (Å²) in [5.74, 6) is -0.582. The molecule has 0 radical (unpaired) electrons. The maximum Gasteiger partial charge on any atom is 0.251 e. The van der Waals surface area contributed by atoms with Crippen molar-refractivity contribution in [1.29, 1.82) is 0 Å². The molecule has 1 fully saturated rings. The summed E-state index contributed by atoms with van der Waals surface area (Å²) in [4.78, 5) is 37.5. The SMILES string of the molecule is Cc1ccc(C(=O)NC2CC2)cc1-n1cnc2c(-c3cccc(C(N)=O)c3)ncnc21. The van der Waals surface area contributed by atoms with E-state index >= 15 is 0 Å². The number of carbonyl (C=O) groups is 2. The predicted octanol–water partition coefficient (Wildman–Crippen LogP) is 2.78. The Balaban J connectivity index is 1.60. The van der Waals surface area contributed by atoms with Crippen molar-refractivity contribution in [2.24, 2.45) is 5.73 Å². The van der Waals surface area contributed by atoms with E-state index in [9.17, 15) is 9.59 Å². The Bertz CT molecular complexity index is 1340. The van der Waals surface area contributed by atoms with Crippen LogP contribution in [0.3, 0.4) is 0 Å². The van der Waals surface area contributed by atoms with E-state index in [1.807, 2.05) is 35.8 Å². The topological polar surface area (TPSA) is 116 Å². The number of nitrogens with two attached hydrogens (primary N) is 1. The van der Waals surface area contributed by atoms with Crippen molar-refractivity contribution in [3.05, 3.63) is 71.8 Å². The predicted molar refractivity (Wildman–Crippen MR) is 116 cm³/mol. The number of aryl methyl sites for hydroxylation is 1. The zero-order valence-corrected chi connectivity index (χ0v) is 16.9. The molecule has 31 heavy (non-hydrogen) atoms. The third-order valence-corrected chi connectivity index (χ3v) is 5.40. The molecule has 5 rings (SSSR count). The fraction of sp³-hybridized carbons (Fsp3) is 0.174. The molecule has 0 spiro atoms. The van der Waals surface area contributed by atoms with E-state index in [4.69, 9.17) is 5.73 Å². The summed E-state index contributed by atoms with van der Waals surface area (Å²) in [6.07, 6.45) is 5.21. The minimum atomic E-state index is -0.505. The lowest BCUT2D eigenvalue weighted by atomic mass is 10.1. The molecule has 0 unspecified atom stereocenters. The van der Waals surface area contributed by atoms with Gasteiger partial charge in [0, 0.05) is 22.7 Å². The molecule has 2 heterocycles. The number of fused-ring (bicyclic) bond motifs is 1. The van der Waals surface area contributed by atoms with Crippen LogP contribution in [0.4, 0.5) is 0 Å². The number of hydrogen-bond acceptors (Lipinski definition) is 5. The molecular formula is C23H20N6O2. The highest BCUT2D eigenvalue weighted by Crippen LogP contribution is 2.28. The summed E-state index contributed by atoms with van der Waals surface area (Å²) in [6.45, 7) is 1.97. The molecule has 0 atom stereocenters. The Kier molecular flexibility index (Phi) is 4.47. The van der Waals surface area contributed by atoms with Crippen molar-refractivity contribution in [2.45, 2.75) is 25.8 Å². The van der Waals surface area contributed by atoms with Crippen LogP contribution in [0, 0.1) is 6.92 Å². The van der Waals surface area contributed by atoms with Crippen LogP contribution in [-0.4, -0.2) is 37.4 Å². The number of aromatic nitrogens is 4. The number of benzene rings is 2. The quantitative estimate of drug-likeness (QED) is 0.523. The largest absolute Gasteiger partial charge is 0.366 e. The minimum Gasteiger partial charge on any atom is -0.366 e. The lowest BCUT2D eigenvalue weighted by Crippen LogP contribution is -2.25. The minimum absolute atomic E-state index is 0.0771. The van der Waals surface area contributed by atoms with Crippen molar-refractivity contribution in [3.63, 3.8) is 0 Å². The smallest absolute Gasteiger partial charge is 0.251 e. The highest BCUT2D eigenvalue weighted by Gasteiger charge is 2.24. The van der Waals surface area contributed by atoms with Crippen LogP contribution in [0.5, 0.6) is 0 Å². The molecule has 8 nitrogen and oxygen atoms in total. The molecule has 1 saturated carbocycles. The molecule has 154 valence electrons. The van der Waals surface area contributed by atoms with Gasteiger partial charge in [-0.1, -0.05) is 18.2 Å².